The van der Waals surface area contributed by atoms with E-state index in [1.165, 1.54) is 0 Å². The van der Waals surface area contributed by atoms with Crippen molar-refractivity contribution in [3.05, 3.63) is 53.6 Å². The standard InChI is InChI=1S/C23H23N5O3.2H2/c1-31-15-4-2-3-13(7-15)22(29)27-9-16-17(10-27)19-12-28(11-18(16)19)23(30)14-5-6-20-21(8-14)25-26-24-20;;/h2-8,16-19H,9-12H2,1H3,(H,24,25,26);2*1H/t16?,17?,18-,19+;;. The number of carbonyl (C=O) groups excluding carboxylic acids is 2. The van der Waals surface area contributed by atoms with Crippen LogP contribution >= 0.6 is 0 Å². The molecule has 1 aromatic heterocycles. The highest BCUT2D eigenvalue weighted by Crippen LogP contribution is 2.54. The highest BCUT2D eigenvalue weighted by molar-refractivity contribution is 5.97. The van der Waals surface area contributed by atoms with Crippen molar-refractivity contribution in [3.8, 4) is 5.75 Å². The zero-order valence-corrected chi connectivity index (χ0v) is 17.2. The fourth-order valence-electron chi connectivity index (χ4n) is 5.80. The molecule has 2 unspecified atom stereocenters. The number of amides is 2. The fraction of sp³-hybridized carbons (Fsp3) is 0.391. The zero-order chi connectivity index (χ0) is 21.1. The van der Waals surface area contributed by atoms with Crippen LogP contribution in [0.25, 0.3) is 11.0 Å². The number of benzene rings is 2. The number of ether oxygens (including phenoxy) is 1. The average Bonchev–Trinajstić information content (AvgIpc) is 3.51. The van der Waals surface area contributed by atoms with Crippen LogP contribution in [0, 0.1) is 23.7 Å². The van der Waals surface area contributed by atoms with Gasteiger partial charge in [0.25, 0.3) is 11.8 Å². The molecular formula is C23H27N5O3. The Balaban J connectivity index is 0.00000130. The molecule has 3 heterocycles. The van der Waals surface area contributed by atoms with Gasteiger partial charge in [0.2, 0.25) is 0 Å². The Hall–Kier alpha value is -3.42. The van der Waals surface area contributed by atoms with Crippen molar-refractivity contribution < 1.29 is 17.2 Å². The van der Waals surface area contributed by atoms with Crippen molar-refractivity contribution in [3.63, 3.8) is 0 Å². The van der Waals surface area contributed by atoms with Crippen LogP contribution in [0.5, 0.6) is 5.75 Å². The number of aromatic nitrogens is 3. The Morgan fingerprint density at radius 3 is 2.06 bits per heavy atom. The molecule has 8 nitrogen and oxygen atoms in total. The molecule has 3 aliphatic rings. The Kier molecular flexibility index (Phi) is 4.03. The summed E-state index contributed by atoms with van der Waals surface area (Å²) < 4.78 is 5.26. The lowest BCUT2D eigenvalue weighted by Gasteiger charge is -2.42. The van der Waals surface area contributed by atoms with E-state index in [0.29, 0.717) is 46.1 Å². The molecule has 1 aliphatic carbocycles. The van der Waals surface area contributed by atoms with E-state index in [-0.39, 0.29) is 14.7 Å². The lowest BCUT2D eigenvalue weighted by atomic mass is 9.60. The van der Waals surface area contributed by atoms with Crippen LogP contribution in [0.15, 0.2) is 42.5 Å². The smallest absolute Gasteiger partial charge is 0.254 e. The summed E-state index contributed by atoms with van der Waals surface area (Å²) in [6.45, 7) is 3.08. The molecule has 2 aliphatic heterocycles. The van der Waals surface area contributed by atoms with Gasteiger partial charge in [-0.1, -0.05) is 6.07 Å². The van der Waals surface area contributed by atoms with E-state index in [2.05, 4.69) is 15.4 Å². The van der Waals surface area contributed by atoms with Gasteiger partial charge in [0.1, 0.15) is 16.8 Å². The first-order chi connectivity index (χ1) is 15.1. The van der Waals surface area contributed by atoms with Crippen LogP contribution in [-0.2, 0) is 0 Å². The maximum atomic E-state index is 13.1. The maximum absolute atomic E-state index is 13.1. The second-order valence-corrected chi connectivity index (χ2v) is 8.83. The Morgan fingerprint density at radius 2 is 1.45 bits per heavy atom. The van der Waals surface area contributed by atoms with Gasteiger partial charge in [-0.25, -0.2) is 0 Å². The van der Waals surface area contributed by atoms with Gasteiger partial charge in [0.15, 0.2) is 0 Å². The van der Waals surface area contributed by atoms with E-state index in [4.69, 9.17) is 4.74 Å². The third-order valence-electron chi connectivity index (χ3n) is 7.38. The minimum Gasteiger partial charge on any atom is -0.497 e. The zero-order valence-electron chi connectivity index (χ0n) is 17.2. The molecule has 31 heavy (non-hydrogen) atoms. The van der Waals surface area contributed by atoms with E-state index < -0.39 is 0 Å². The first kappa shape index (κ1) is 18.4. The van der Waals surface area contributed by atoms with Gasteiger partial charge in [-0.3, -0.25) is 9.59 Å². The van der Waals surface area contributed by atoms with Crippen molar-refractivity contribution >= 4 is 22.8 Å². The number of H-pyrrole nitrogens is 1. The molecule has 1 N–H and O–H groups in total. The molecule has 3 fully saturated rings. The number of likely N-dealkylation sites (tertiary alicyclic amines) is 2. The number of hydrogen-bond acceptors (Lipinski definition) is 5. The number of hydrogen-bond donors (Lipinski definition) is 1. The van der Waals surface area contributed by atoms with E-state index in [0.717, 1.165) is 31.7 Å². The number of carbonyl (C=O) groups is 2. The van der Waals surface area contributed by atoms with Crippen LogP contribution in [0.3, 0.4) is 0 Å². The average molecular weight is 422 g/mol. The molecule has 4 atom stereocenters. The number of methoxy groups -OCH3 is 1. The van der Waals surface area contributed by atoms with E-state index in [1.807, 2.05) is 40.1 Å². The molecule has 162 valence electrons. The first-order valence-corrected chi connectivity index (χ1v) is 10.7. The molecule has 2 aromatic carbocycles. The third kappa shape index (κ3) is 2.81. The SMILES string of the molecule is COc1cccc(C(=O)N2CC3C(C2)[C@@H]2CN(C(=O)c4ccc5n[nH]nc5c4)C[C@H]32)c1.[HH].[HH]. The van der Waals surface area contributed by atoms with Gasteiger partial charge in [-0.05, 0) is 60.1 Å². The summed E-state index contributed by atoms with van der Waals surface area (Å²) in [4.78, 5) is 30.0. The van der Waals surface area contributed by atoms with Crippen molar-refractivity contribution in [1.29, 1.82) is 0 Å². The van der Waals surface area contributed by atoms with Gasteiger partial charge in [-0.15, -0.1) is 0 Å². The van der Waals surface area contributed by atoms with Crippen LogP contribution in [0.4, 0.5) is 0 Å². The Morgan fingerprint density at radius 1 is 0.871 bits per heavy atom. The minimum absolute atomic E-state index is 0. The predicted molar refractivity (Wildman–Crippen MR) is 117 cm³/mol. The summed E-state index contributed by atoms with van der Waals surface area (Å²) in [5, 5.41) is 10.7. The van der Waals surface area contributed by atoms with Crippen LogP contribution in [0.2, 0.25) is 0 Å². The lowest BCUT2D eigenvalue weighted by molar-refractivity contribution is 0.0629. The van der Waals surface area contributed by atoms with Gasteiger partial charge >= 0.3 is 0 Å². The Labute approximate surface area is 182 Å². The van der Waals surface area contributed by atoms with Crippen molar-refractivity contribution in [1.82, 2.24) is 25.2 Å². The quantitative estimate of drug-likeness (QED) is 0.702. The van der Waals surface area contributed by atoms with E-state index in [1.54, 1.807) is 19.2 Å². The molecule has 0 radical (unpaired) electrons. The van der Waals surface area contributed by atoms with Crippen LogP contribution < -0.4 is 4.74 Å². The van der Waals surface area contributed by atoms with Crippen molar-refractivity contribution in [2.75, 3.05) is 33.3 Å². The first-order valence-electron chi connectivity index (χ1n) is 10.7. The molecule has 0 bridgehead atoms. The normalized spacial score (nSPS) is 26.5. The second kappa shape index (κ2) is 6.80. The highest BCUT2D eigenvalue weighted by atomic mass is 16.5. The third-order valence-corrected chi connectivity index (χ3v) is 7.38. The molecule has 1 saturated carbocycles. The summed E-state index contributed by atoms with van der Waals surface area (Å²) >= 11 is 0. The number of nitrogens with zero attached hydrogens (tertiary/aromatic N) is 4. The summed E-state index contributed by atoms with van der Waals surface area (Å²) in [6, 6.07) is 12.8. The number of fused-ring (bicyclic) bond motifs is 5. The number of aromatic amines is 1. The van der Waals surface area contributed by atoms with Crippen LogP contribution in [0.1, 0.15) is 23.6 Å². The minimum atomic E-state index is 0. The fourth-order valence-corrected chi connectivity index (χ4v) is 5.80. The second-order valence-electron chi connectivity index (χ2n) is 8.83. The topological polar surface area (TPSA) is 91.4 Å². The van der Waals surface area contributed by atoms with Gasteiger partial charge in [-0.2, -0.15) is 15.4 Å². The van der Waals surface area contributed by atoms with Gasteiger partial charge < -0.3 is 14.5 Å². The van der Waals surface area contributed by atoms with Crippen molar-refractivity contribution in [2.24, 2.45) is 23.7 Å². The summed E-state index contributed by atoms with van der Waals surface area (Å²) in [5.41, 5.74) is 2.79. The molecule has 6 rings (SSSR count). The number of nitrogens with one attached hydrogen (secondary N) is 1. The predicted octanol–water partition coefficient (Wildman–Crippen LogP) is 2.55. The number of rotatable bonds is 3. The van der Waals surface area contributed by atoms with Gasteiger partial charge in [0.05, 0.1) is 7.11 Å². The van der Waals surface area contributed by atoms with E-state index in [9.17, 15) is 9.59 Å². The molecule has 3 aromatic rings. The molecular weight excluding hydrogens is 394 g/mol. The van der Waals surface area contributed by atoms with E-state index >= 15 is 0 Å². The molecule has 2 amide bonds. The van der Waals surface area contributed by atoms with Crippen LogP contribution in [-0.4, -0.2) is 70.3 Å². The molecule has 8 heteroatoms. The summed E-state index contributed by atoms with van der Waals surface area (Å²) in [7, 11) is 1.61. The summed E-state index contributed by atoms with van der Waals surface area (Å²) in [5.74, 6) is 2.75. The molecule has 2 saturated heterocycles. The molecule has 0 spiro atoms. The monoisotopic (exact) mass is 421 g/mol. The van der Waals surface area contributed by atoms with Gasteiger partial charge in [0, 0.05) is 40.2 Å². The van der Waals surface area contributed by atoms with Crippen molar-refractivity contribution in [2.45, 2.75) is 0 Å². The lowest BCUT2D eigenvalue weighted by Crippen LogP contribution is -2.44. The Bertz CT molecular complexity index is 1180. The largest absolute Gasteiger partial charge is 0.497 e. The maximum Gasteiger partial charge on any atom is 0.254 e. The highest BCUT2D eigenvalue weighted by Gasteiger charge is 2.59. The summed E-state index contributed by atoms with van der Waals surface area (Å²) in [6.07, 6.45) is 0.